The summed E-state index contributed by atoms with van der Waals surface area (Å²) in [4.78, 5) is 6.36. The van der Waals surface area contributed by atoms with E-state index < -0.39 is 0 Å². The number of nitrogens with one attached hydrogen (secondary N) is 1. The van der Waals surface area contributed by atoms with E-state index in [-0.39, 0.29) is 0 Å². The minimum atomic E-state index is 0.529. The van der Waals surface area contributed by atoms with Gasteiger partial charge in [0, 0.05) is 30.9 Å². The normalized spacial score (nSPS) is 20.9. The molecule has 2 heterocycles. The molecule has 0 aromatic carbocycles. The van der Waals surface area contributed by atoms with Gasteiger partial charge in [-0.2, -0.15) is 5.26 Å². The van der Waals surface area contributed by atoms with Crippen molar-refractivity contribution in [3.63, 3.8) is 0 Å². The van der Waals surface area contributed by atoms with Gasteiger partial charge in [0.15, 0.2) is 0 Å². The van der Waals surface area contributed by atoms with Crippen LogP contribution >= 0.6 is 0 Å². The third kappa shape index (κ3) is 2.57. The van der Waals surface area contributed by atoms with E-state index in [1.165, 1.54) is 6.42 Å². The van der Waals surface area contributed by atoms with Gasteiger partial charge in [-0.05, 0) is 26.1 Å². The van der Waals surface area contributed by atoms with Crippen LogP contribution in [-0.4, -0.2) is 36.1 Å². The summed E-state index contributed by atoms with van der Waals surface area (Å²) in [5.41, 5.74) is 1.51. The molecule has 84 valence electrons. The fourth-order valence-corrected chi connectivity index (χ4v) is 2.04. The summed E-state index contributed by atoms with van der Waals surface area (Å²) >= 11 is 0. The highest BCUT2D eigenvalue weighted by Crippen LogP contribution is 2.09. The number of pyridine rings is 1. The van der Waals surface area contributed by atoms with Crippen molar-refractivity contribution in [3.05, 3.63) is 29.6 Å². The molecule has 0 bridgehead atoms. The highest BCUT2D eigenvalue weighted by molar-refractivity contribution is 5.30. The van der Waals surface area contributed by atoms with E-state index in [1.807, 2.05) is 12.1 Å². The highest BCUT2D eigenvalue weighted by Gasteiger charge is 2.18. The van der Waals surface area contributed by atoms with Crippen LogP contribution in [0.1, 0.15) is 17.7 Å². The number of hydrogen-bond donors (Lipinski definition) is 1. The van der Waals surface area contributed by atoms with Gasteiger partial charge in [-0.3, -0.25) is 0 Å². The third-order valence-electron chi connectivity index (χ3n) is 2.97. The van der Waals surface area contributed by atoms with E-state index in [1.54, 1.807) is 6.20 Å². The number of likely N-dealkylation sites (N-methyl/N-ethyl adjacent to an activating group) is 1. The molecule has 0 aliphatic carbocycles. The van der Waals surface area contributed by atoms with Crippen molar-refractivity contribution in [2.45, 2.75) is 19.0 Å². The summed E-state index contributed by atoms with van der Waals surface area (Å²) in [6.45, 7) is 2.97. The molecule has 4 nitrogen and oxygen atoms in total. The molecule has 0 saturated carbocycles. The third-order valence-corrected chi connectivity index (χ3v) is 2.97. The molecule has 4 heteroatoms. The molecule has 16 heavy (non-hydrogen) atoms. The lowest BCUT2D eigenvalue weighted by Crippen LogP contribution is -2.31. The first-order chi connectivity index (χ1) is 7.79. The maximum Gasteiger partial charge on any atom is 0.144 e. The number of rotatable bonds is 3. The molecule has 0 radical (unpaired) electrons. The molecule has 1 aromatic heterocycles. The lowest BCUT2D eigenvalue weighted by Gasteiger charge is -2.12. The van der Waals surface area contributed by atoms with Crippen molar-refractivity contribution in [2.24, 2.45) is 0 Å². The SMILES string of the molecule is CN1CCC(NCc2cccnc2C#N)C1. The minimum absolute atomic E-state index is 0.529. The Bertz CT molecular complexity index is 396. The van der Waals surface area contributed by atoms with Crippen molar-refractivity contribution >= 4 is 0 Å². The van der Waals surface area contributed by atoms with Crippen LogP contribution < -0.4 is 5.32 Å². The van der Waals surface area contributed by atoms with Crippen molar-refractivity contribution in [1.82, 2.24) is 15.2 Å². The van der Waals surface area contributed by atoms with Crippen molar-refractivity contribution in [3.8, 4) is 6.07 Å². The number of likely N-dealkylation sites (tertiary alicyclic amines) is 1. The smallest absolute Gasteiger partial charge is 0.144 e. The van der Waals surface area contributed by atoms with Crippen molar-refractivity contribution in [1.29, 1.82) is 5.26 Å². The predicted molar refractivity (Wildman–Crippen MR) is 61.7 cm³/mol. The van der Waals surface area contributed by atoms with Crippen LogP contribution in [0, 0.1) is 11.3 Å². The Morgan fingerprint density at radius 1 is 1.69 bits per heavy atom. The molecule has 0 amide bonds. The van der Waals surface area contributed by atoms with Gasteiger partial charge in [-0.1, -0.05) is 6.07 Å². The zero-order valence-corrected chi connectivity index (χ0v) is 9.48. The van der Waals surface area contributed by atoms with Crippen LogP contribution in [-0.2, 0) is 6.54 Å². The Labute approximate surface area is 95.9 Å². The second-order valence-corrected chi connectivity index (χ2v) is 4.25. The largest absolute Gasteiger partial charge is 0.308 e. The fourth-order valence-electron chi connectivity index (χ4n) is 2.04. The quantitative estimate of drug-likeness (QED) is 0.810. The molecule has 1 aliphatic rings. The Kier molecular flexibility index (Phi) is 3.50. The summed E-state index contributed by atoms with van der Waals surface area (Å²) in [6, 6.07) is 6.49. The number of nitriles is 1. The summed E-state index contributed by atoms with van der Waals surface area (Å²) in [5, 5.41) is 12.4. The first-order valence-corrected chi connectivity index (χ1v) is 5.55. The zero-order chi connectivity index (χ0) is 11.4. The summed E-state index contributed by atoms with van der Waals surface area (Å²) in [5.74, 6) is 0. The first kappa shape index (κ1) is 11.1. The molecular formula is C12H16N4. The summed E-state index contributed by atoms with van der Waals surface area (Å²) < 4.78 is 0. The monoisotopic (exact) mass is 216 g/mol. The van der Waals surface area contributed by atoms with Gasteiger partial charge < -0.3 is 10.2 Å². The van der Waals surface area contributed by atoms with E-state index in [4.69, 9.17) is 5.26 Å². The average molecular weight is 216 g/mol. The summed E-state index contributed by atoms with van der Waals surface area (Å²) in [7, 11) is 2.13. The van der Waals surface area contributed by atoms with Crippen molar-refractivity contribution < 1.29 is 0 Å². The van der Waals surface area contributed by atoms with E-state index in [2.05, 4.69) is 28.3 Å². The van der Waals surface area contributed by atoms with E-state index in [0.29, 0.717) is 11.7 Å². The standard InChI is InChI=1S/C12H16N4/c1-16-6-4-11(9-16)15-8-10-3-2-5-14-12(10)7-13/h2-3,5,11,15H,4,6,8-9H2,1H3. The van der Waals surface area contributed by atoms with Gasteiger partial charge in [0.2, 0.25) is 0 Å². The van der Waals surface area contributed by atoms with Gasteiger partial charge in [-0.15, -0.1) is 0 Å². The number of aromatic nitrogens is 1. The topological polar surface area (TPSA) is 52.0 Å². The molecule has 0 spiro atoms. The Morgan fingerprint density at radius 3 is 3.25 bits per heavy atom. The van der Waals surface area contributed by atoms with Gasteiger partial charge in [0.05, 0.1) is 0 Å². The maximum atomic E-state index is 8.90. The maximum absolute atomic E-state index is 8.90. The lowest BCUT2D eigenvalue weighted by molar-refractivity contribution is 0.397. The minimum Gasteiger partial charge on any atom is -0.308 e. The van der Waals surface area contributed by atoms with Crippen LogP contribution in [0.2, 0.25) is 0 Å². The first-order valence-electron chi connectivity index (χ1n) is 5.55. The summed E-state index contributed by atoms with van der Waals surface area (Å²) in [6.07, 6.45) is 2.84. The van der Waals surface area contributed by atoms with E-state index >= 15 is 0 Å². The second kappa shape index (κ2) is 5.06. The molecule has 1 N–H and O–H groups in total. The molecule has 2 rings (SSSR count). The molecule has 1 fully saturated rings. The zero-order valence-electron chi connectivity index (χ0n) is 9.48. The fraction of sp³-hybridized carbons (Fsp3) is 0.500. The highest BCUT2D eigenvalue weighted by atomic mass is 15.2. The average Bonchev–Trinajstić information content (AvgIpc) is 2.73. The van der Waals surface area contributed by atoms with Gasteiger partial charge in [-0.25, -0.2) is 4.98 Å². The molecule has 1 aromatic rings. The molecule has 1 atom stereocenters. The Morgan fingerprint density at radius 2 is 2.56 bits per heavy atom. The lowest BCUT2D eigenvalue weighted by atomic mass is 10.2. The molecule has 1 aliphatic heterocycles. The van der Waals surface area contributed by atoms with Crippen LogP contribution in [0.4, 0.5) is 0 Å². The van der Waals surface area contributed by atoms with Crippen molar-refractivity contribution in [2.75, 3.05) is 20.1 Å². The van der Waals surface area contributed by atoms with Crippen LogP contribution in [0.25, 0.3) is 0 Å². The van der Waals surface area contributed by atoms with Crippen LogP contribution in [0.15, 0.2) is 18.3 Å². The molecule has 1 unspecified atom stereocenters. The Hall–Kier alpha value is -1.44. The van der Waals surface area contributed by atoms with Gasteiger partial charge in [0.1, 0.15) is 11.8 Å². The van der Waals surface area contributed by atoms with E-state index in [9.17, 15) is 0 Å². The van der Waals surface area contributed by atoms with Crippen LogP contribution in [0.5, 0.6) is 0 Å². The second-order valence-electron chi connectivity index (χ2n) is 4.25. The molecular weight excluding hydrogens is 200 g/mol. The number of nitrogens with zero attached hydrogens (tertiary/aromatic N) is 3. The van der Waals surface area contributed by atoms with E-state index in [0.717, 1.165) is 25.2 Å². The van der Waals surface area contributed by atoms with Gasteiger partial charge in [0.25, 0.3) is 0 Å². The predicted octanol–water partition coefficient (Wildman–Crippen LogP) is 0.747. The Balaban J connectivity index is 1.92. The van der Waals surface area contributed by atoms with Crippen LogP contribution in [0.3, 0.4) is 0 Å². The number of hydrogen-bond acceptors (Lipinski definition) is 4. The molecule has 1 saturated heterocycles. The van der Waals surface area contributed by atoms with Gasteiger partial charge >= 0.3 is 0 Å².